The average molecular weight is 327 g/mol. The molecular weight excluding hydrogens is 284 g/mol. The van der Waals surface area contributed by atoms with Crippen molar-refractivity contribution in [3.8, 4) is 0 Å². The summed E-state index contributed by atoms with van der Waals surface area (Å²) in [5.41, 5.74) is -0.210. The number of hydrogen-bond donors (Lipinski definition) is 1. The van der Waals surface area contributed by atoms with Crippen LogP contribution in [0.5, 0.6) is 0 Å². The second-order valence-electron chi connectivity index (χ2n) is 7.67. The Morgan fingerprint density at radius 1 is 1.00 bits per heavy atom. The van der Waals surface area contributed by atoms with Gasteiger partial charge in [-0.05, 0) is 57.7 Å². The largest absolute Gasteiger partial charge is 0.356 e. The van der Waals surface area contributed by atoms with Gasteiger partial charge in [-0.15, -0.1) is 0 Å². The van der Waals surface area contributed by atoms with Gasteiger partial charge in [0.1, 0.15) is 0 Å². The topological polar surface area (TPSA) is 32.3 Å². The maximum atomic E-state index is 12.5. The fourth-order valence-electron chi connectivity index (χ4n) is 3.12. The van der Waals surface area contributed by atoms with Crippen molar-refractivity contribution in [1.29, 1.82) is 0 Å². The molecule has 3 heteroatoms. The molecule has 0 aliphatic rings. The van der Waals surface area contributed by atoms with Crippen molar-refractivity contribution in [2.45, 2.75) is 86.5 Å². The van der Waals surface area contributed by atoms with Gasteiger partial charge in [0.15, 0.2) is 0 Å². The van der Waals surface area contributed by atoms with Crippen LogP contribution < -0.4 is 5.32 Å². The molecular formula is C20H42N2O. The number of carbonyl (C=O) groups excluding carboxylic acids is 1. The second-order valence-corrected chi connectivity index (χ2v) is 7.67. The fraction of sp³-hybridized carbons (Fsp3) is 0.950. The first-order valence-corrected chi connectivity index (χ1v) is 9.90. The van der Waals surface area contributed by atoms with E-state index in [1.165, 1.54) is 38.8 Å². The summed E-state index contributed by atoms with van der Waals surface area (Å²) in [7, 11) is 0. The summed E-state index contributed by atoms with van der Waals surface area (Å²) in [5, 5.41) is 3.18. The molecule has 0 radical (unpaired) electrons. The van der Waals surface area contributed by atoms with Gasteiger partial charge < -0.3 is 10.2 Å². The molecule has 138 valence electrons. The van der Waals surface area contributed by atoms with Crippen LogP contribution in [0.1, 0.15) is 86.5 Å². The van der Waals surface area contributed by atoms with Gasteiger partial charge in [-0.2, -0.15) is 0 Å². The van der Waals surface area contributed by atoms with Crippen LogP contribution in [0.4, 0.5) is 0 Å². The minimum atomic E-state index is -0.210. The molecule has 23 heavy (non-hydrogen) atoms. The third-order valence-electron chi connectivity index (χ3n) is 4.78. The van der Waals surface area contributed by atoms with Gasteiger partial charge in [-0.1, -0.05) is 54.4 Å². The van der Waals surface area contributed by atoms with E-state index in [2.05, 4.69) is 51.8 Å². The van der Waals surface area contributed by atoms with Gasteiger partial charge in [0.2, 0.25) is 5.91 Å². The van der Waals surface area contributed by atoms with Crippen LogP contribution in [0.2, 0.25) is 0 Å². The first-order valence-electron chi connectivity index (χ1n) is 9.90. The molecule has 0 heterocycles. The molecule has 3 nitrogen and oxygen atoms in total. The summed E-state index contributed by atoms with van der Waals surface area (Å²) in [6, 6.07) is 0. The van der Waals surface area contributed by atoms with Crippen LogP contribution in [0, 0.1) is 11.3 Å². The molecule has 1 unspecified atom stereocenters. The zero-order chi connectivity index (χ0) is 17.7. The quantitative estimate of drug-likeness (QED) is 0.462. The van der Waals surface area contributed by atoms with Crippen LogP contribution in [0.3, 0.4) is 0 Å². The van der Waals surface area contributed by atoms with E-state index in [4.69, 9.17) is 0 Å². The molecule has 0 aromatic carbocycles. The lowest BCUT2D eigenvalue weighted by atomic mass is 9.79. The van der Waals surface area contributed by atoms with E-state index in [9.17, 15) is 4.79 Å². The Morgan fingerprint density at radius 3 is 1.96 bits per heavy atom. The Bertz CT molecular complexity index is 296. The van der Waals surface area contributed by atoms with E-state index < -0.39 is 0 Å². The summed E-state index contributed by atoms with van der Waals surface area (Å²) in [6.07, 6.45) is 7.99. The Morgan fingerprint density at radius 2 is 1.52 bits per heavy atom. The summed E-state index contributed by atoms with van der Waals surface area (Å²) in [5.74, 6) is 0.798. The van der Waals surface area contributed by atoms with E-state index in [0.717, 1.165) is 32.4 Å². The molecule has 1 N–H and O–H groups in total. The van der Waals surface area contributed by atoms with Crippen molar-refractivity contribution in [3.05, 3.63) is 0 Å². The highest BCUT2D eigenvalue weighted by atomic mass is 16.2. The lowest BCUT2D eigenvalue weighted by molar-refractivity contribution is -0.131. The van der Waals surface area contributed by atoms with E-state index in [0.29, 0.717) is 5.92 Å². The van der Waals surface area contributed by atoms with Crippen LogP contribution >= 0.6 is 0 Å². The first kappa shape index (κ1) is 22.4. The summed E-state index contributed by atoms with van der Waals surface area (Å²) in [6.45, 7) is 17.4. The van der Waals surface area contributed by atoms with Crippen LogP contribution in [0.25, 0.3) is 0 Å². The van der Waals surface area contributed by atoms with Gasteiger partial charge in [0.25, 0.3) is 0 Å². The number of unbranched alkanes of at least 4 members (excludes halogenated alkanes) is 2. The SMILES string of the molecule is CCCCN(CCCC)CCCNC(=O)C(C)(CC)CC(C)C. The maximum absolute atomic E-state index is 12.5. The summed E-state index contributed by atoms with van der Waals surface area (Å²) in [4.78, 5) is 15.1. The van der Waals surface area contributed by atoms with E-state index in [-0.39, 0.29) is 11.3 Å². The molecule has 0 spiro atoms. The van der Waals surface area contributed by atoms with Gasteiger partial charge >= 0.3 is 0 Å². The Hall–Kier alpha value is -0.570. The highest BCUT2D eigenvalue weighted by Crippen LogP contribution is 2.29. The molecule has 0 aromatic heterocycles. The van der Waals surface area contributed by atoms with Crippen molar-refractivity contribution in [2.24, 2.45) is 11.3 Å². The van der Waals surface area contributed by atoms with E-state index >= 15 is 0 Å². The Labute approximate surface area is 145 Å². The molecule has 0 rings (SSSR count). The number of amides is 1. The van der Waals surface area contributed by atoms with Gasteiger partial charge in [0, 0.05) is 12.0 Å². The fourth-order valence-corrected chi connectivity index (χ4v) is 3.12. The van der Waals surface area contributed by atoms with Gasteiger partial charge in [-0.3, -0.25) is 4.79 Å². The predicted molar refractivity (Wildman–Crippen MR) is 102 cm³/mol. The number of rotatable bonds is 14. The predicted octanol–water partition coefficient (Wildman–Crippen LogP) is 4.86. The van der Waals surface area contributed by atoms with Crippen molar-refractivity contribution < 1.29 is 4.79 Å². The lowest BCUT2D eigenvalue weighted by Crippen LogP contribution is -2.40. The number of carbonyl (C=O) groups is 1. The van der Waals surface area contributed by atoms with Crippen molar-refractivity contribution in [3.63, 3.8) is 0 Å². The van der Waals surface area contributed by atoms with E-state index in [1.807, 2.05) is 0 Å². The summed E-state index contributed by atoms with van der Waals surface area (Å²) >= 11 is 0. The highest BCUT2D eigenvalue weighted by molar-refractivity contribution is 5.82. The van der Waals surface area contributed by atoms with Crippen LogP contribution in [-0.4, -0.2) is 37.0 Å². The van der Waals surface area contributed by atoms with Gasteiger partial charge in [0.05, 0.1) is 0 Å². The Kier molecular flexibility index (Phi) is 12.5. The first-order chi connectivity index (χ1) is 10.9. The molecule has 0 fully saturated rings. The van der Waals surface area contributed by atoms with Crippen molar-refractivity contribution >= 4 is 5.91 Å². The molecule has 0 aliphatic heterocycles. The standard InChI is InChI=1S/C20H42N2O/c1-7-10-14-22(15-11-8-2)16-12-13-21-19(23)20(6,9-3)17-18(4)5/h18H,7-17H2,1-6H3,(H,21,23). The number of hydrogen-bond acceptors (Lipinski definition) is 2. The molecule has 1 amide bonds. The molecule has 0 aliphatic carbocycles. The molecule has 0 bridgehead atoms. The highest BCUT2D eigenvalue weighted by Gasteiger charge is 2.31. The number of nitrogens with zero attached hydrogens (tertiary/aromatic N) is 1. The minimum Gasteiger partial charge on any atom is -0.356 e. The van der Waals surface area contributed by atoms with Gasteiger partial charge in [-0.25, -0.2) is 0 Å². The summed E-state index contributed by atoms with van der Waals surface area (Å²) < 4.78 is 0. The van der Waals surface area contributed by atoms with Crippen molar-refractivity contribution in [1.82, 2.24) is 10.2 Å². The smallest absolute Gasteiger partial charge is 0.225 e. The molecule has 1 atom stereocenters. The van der Waals surface area contributed by atoms with E-state index in [1.54, 1.807) is 0 Å². The third kappa shape index (κ3) is 10.0. The zero-order valence-corrected chi connectivity index (χ0v) is 16.7. The zero-order valence-electron chi connectivity index (χ0n) is 16.7. The third-order valence-corrected chi connectivity index (χ3v) is 4.78. The maximum Gasteiger partial charge on any atom is 0.225 e. The van der Waals surface area contributed by atoms with Crippen molar-refractivity contribution in [2.75, 3.05) is 26.2 Å². The van der Waals surface area contributed by atoms with Crippen LogP contribution in [-0.2, 0) is 4.79 Å². The lowest BCUT2D eigenvalue weighted by Gasteiger charge is -2.29. The number of nitrogens with one attached hydrogen (secondary N) is 1. The monoisotopic (exact) mass is 326 g/mol. The molecule has 0 saturated heterocycles. The Balaban J connectivity index is 4.16. The molecule has 0 saturated carbocycles. The molecule has 0 aromatic rings. The average Bonchev–Trinajstić information content (AvgIpc) is 2.52. The normalized spacial score (nSPS) is 14.3. The minimum absolute atomic E-state index is 0.210. The second kappa shape index (κ2) is 12.8. The van der Waals surface area contributed by atoms with Crippen LogP contribution in [0.15, 0.2) is 0 Å².